The van der Waals surface area contributed by atoms with Crippen LogP contribution in [0.3, 0.4) is 0 Å². The molecule has 2 rings (SSSR count). The maximum Gasteiger partial charge on any atom is 0.165 e. The highest BCUT2D eigenvalue weighted by atomic mass is 16.5. The van der Waals surface area contributed by atoms with Crippen molar-refractivity contribution in [3.05, 3.63) is 35.4 Å². The summed E-state index contributed by atoms with van der Waals surface area (Å²) in [6.07, 6.45) is 6.97. The quantitative estimate of drug-likeness (QED) is 0.486. The van der Waals surface area contributed by atoms with Crippen molar-refractivity contribution in [1.82, 2.24) is 5.43 Å². The molecule has 3 N–H and O–H groups in total. The van der Waals surface area contributed by atoms with Gasteiger partial charge in [0.1, 0.15) is 0 Å². The standard InChI is InChI=1S/C15H22N2O2/c1-18-13-10-6-9-12(15(13)19-2)14(17-16)11-7-4-3-5-8-11/h6-7,9-10,14,17H,3-5,8,16H2,1-2H3. The fraction of sp³-hybridized carbons (Fsp3) is 0.467. The molecule has 0 amide bonds. The molecule has 1 aliphatic rings. The largest absolute Gasteiger partial charge is 0.493 e. The third kappa shape index (κ3) is 2.91. The van der Waals surface area contributed by atoms with Crippen molar-refractivity contribution in [3.63, 3.8) is 0 Å². The molecule has 4 heteroatoms. The summed E-state index contributed by atoms with van der Waals surface area (Å²) < 4.78 is 10.8. The molecule has 1 aliphatic carbocycles. The lowest BCUT2D eigenvalue weighted by atomic mass is 9.89. The Labute approximate surface area is 114 Å². The van der Waals surface area contributed by atoms with Gasteiger partial charge in [0, 0.05) is 5.56 Å². The molecule has 0 aromatic heterocycles. The molecule has 0 saturated heterocycles. The number of hydrogen-bond donors (Lipinski definition) is 2. The Morgan fingerprint density at radius 1 is 1.21 bits per heavy atom. The summed E-state index contributed by atoms with van der Waals surface area (Å²) in [5.41, 5.74) is 5.27. The van der Waals surface area contributed by atoms with E-state index in [0.29, 0.717) is 0 Å². The summed E-state index contributed by atoms with van der Waals surface area (Å²) in [6.45, 7) is 0. The summed E-state index contributed by atoms with van der Waals surface area (Å²) in [5.74, 6) is 7.25. The first-order valence-corrected chi connectivity index (χ1v) is 6.67. The molecule has 19 heavy (non-hydrogen) atoms. The molecule has 1 aromatic rings. The maximum atomic E-state index is 5.76. The number of benzene rings is 1. The lowest BCUT2D eigenvalue weighted by Gasteiger charge is -2.25. The van der Waals surface area contributed by atoms with Crippen LogP contribution in [0.15, 0.2) is 29.8 Å². The Morgan fingerprint density at radius 3 is 2.63 bits per heavy atom. The van der Waals surface area contributed by atoms with E-state index in [1.165, 1.54) is 18.4 Å². The van der Waals surface area contributed by atoms with Gasteiger partial charge in [-0.2, -0.15) is 0 Å². The smallest absolute Gasteiger partial charge is 0.165 e. The van der Waals surface area contributed by atoms with Crippen molar-refractivity contribution >= 4 is 0 Å². The molecule has 0 fully saturated rings. The second kappa shape index (κ2) is 6.59. The topological polar surface area (TPSA) is 56.5 Å². The lowest BCUT2D eigenvalue weighted by molar-refractivity contribution is 0.348. The second-order valence-electron chi connectivity index (χ2n) is 4.71. The van der Waals surface area contributed by atoms with E-state index >= 15 is 0 Å². The van der Waals surface area contributed by atoms with Crippen LogP contribution in [0.5, 0.6) is 11.5 Å². The highest BCUT2D eigenvalue weighted by molar-refractivity contribution is 5.50. The maximum absolute atomic E-state index is 5.76. The summed E-state index contributed by atoms with van der Waals surface area (Å²) in [4.78, 5) is 0. The van der Waals surface area contributed by atoms with Crippen LogP contribution in [0.4, 0.5) is 0 Å². The molecule has 0 heterocycles. The molecule has 1 atom stereocenters. The van der Waals surface area contributed by atoms with Crippen LogP contribution in [-0.2, 0) is 0 Å². The zero-order valence-electron chi connectivity index (χ0n) is 11.6. The van der Waals surface area contributed by atoms with Crippen molar-refractivity contribution in [2.45, 2.75) is 31.7 Å². The molecule has 104 valence electrons. The fourth-order valence-electron chi connectivity index (χ4n) is 2.66. The van der Waals surface area contributed by atoms with Crippen molar-refractivity contribution in [1.29, 1.82) is 0 Å². The van der Waals surface area contributed by atoms with E-state index in [0.717, 1.165) is 29.9 Å². The first-order valence-electron chi connectivity index (χ1n) is 6.67. The SMILES string of the molecule is COc1cccc(C(NN)C2=CCCCC2)c1OC. The average molecular weight is 262 g/mol. The van der Waals surface area contributed by atoms with Gasteiger partial charge in [0.2, 0.25) is 0 Å². The van der Waals surface area contributed by atoms with Gasteiger partial charge in [-0.25, -0.2) is 5.43 Å². The van der Waals surface area contributed by atoms with Gasteiger partial charge in [-0.3, -0.25) is 5.84 Å². The van der Waals surface area contributed by atoms with Gasteiger partial charge in [-0.1, -0.05) is 23.8 Å². The first kappa shape index (κ1) is 13.9. The Kier molecular flexibility index (Phi) is 4.82. The number of hydrogen-bond acceptors (Lipinski definition) is 4. The van der Waals surface area contributed by atoms with E-state index in [2.05, 4.69) is 11.5 Å². The highest BCUT2D eigenvalue weighted by Crippen LogP contribution is 2.39. The molecule has 0 saturated carbocycles. The van der Waals surface area contributed by atoms with Gasteiger partial charge in [-0.15, -0.1) is 0 Å². The van der Waals surface area contributed by atoms with E-state index in [9.17, 15) is 0 Å². The molecular formula is C15H22N2O2. The van der Waals surface area contributed by atoms with Crippen molar-refractivity contribution in [2.75, 3.05) is 14.2 Å². The molecule has 0 radical (unpaired) electrons. The van der Waals surface area contributed by atoms with E-state index in [4.69, 9.17) is 15.3 Å². The molecular weight excluding hydrogens is 240 g/mol. The minimum absolute atomic E-state index is 0.00894. The zero-order valence-corrected chi connectivity index (χ0v) is 11.6. The van der Waals surface area contributed by atoms with Crippen LogP contribution < -0.4 is 20.7 Å². The first-order chi connectivity index (χ1) is 9.31. The highest BCUT2D eigenvalue weighted by Gasteiger charge is 2.22. The van der Waals surface area contributed by atoms with Gasteiger partial charge < -0.3 is 9.47 Å². The summed E-state index contributed by atoms with van der Waals surface area (Å²) in [7, 11) is 3.30. The molecule has 4 nitrogen and oxygen atoms in total. The molecule has 0 bridgehead atoms. The van der Waals surface area contributed by atoms with E-state index < -0.39 is 0 Å². The number of allylic oxidation sites excluding steroid dienone is 1. The van der Waals surface area contributed by atoms with Gasteiger partial charge in [0.05, 0.1) is 20.3 Å². The number of nitrogens with one attached hydrogen (secondary N) is 1. The number of para-hydroxylation sites is 1. The second-order valence-corrected chi connectivity index (χ2v) is 4.71. The molecule has 0 aliphatic heterocycles. The van der Waals surface area contributed by atoms with Crippen molar-refractivity contribution in [3.8, 4) is 11.5 Å². The normalized spacial score (nSPS) is 16.7. The van der Waals surface area contributed by atoms with Gasteiger partial charge >= 0.3 is 0 Å². The summed E-state index contributed by atoms with van der Waals surface area (Å²) in [5, 5.41) is 0. The van der Waals surface area contributed by atoms with Gasteiger partial charge in [-0.05, 0) is 31.7 Å². The third-order valence-electron chi connectivity index (χ3n) is 3.61. The monoisotopic (exact) mass is 262 g/mol. The Morgan fingerprint density at radius 2 is 2.05 bits per heavy atom. The predicted molar refractivity (Wildman–Crippen MR) is 76.2 cm³/mol. The van der Waals surface area contributed by atoms with Gasteiger partial charge in [0.15, 0.2) is 11.5 Å². The summed E-state index contributed by atoms with van der Waals surface area (Å²) in [6, 6.07) is 5.88. The minimum atomic E-state index is -0.00894. The Hall–Kier alpha value is -1.52. The zero-order chi connectivity index (χ0) is 13.7. The number of ether oxygens (including phenoxy) is 2. The van der Waals surface area contributed by atoms with Crippen LogP contribution in [0, 0.1) is 0 Å². The Balaban J connectivity index is 2.40. The van der Waals surface area contributed by atoms with Crippen LogP contribution >= 0.6 is 0 Å². The lowest BCUT2D eigenvalue weighted by Crippen LogP contribution is -2.30. The average Bonchev–Trinajstić information content (AvgIpc) is 2.48. The molecule has 1 unspecified atom stereocenters. The summed E-state index contributed by atoms with van der Waals surface area (Å²) >= 11 is 0. The van der Waals surface area contributed by atoms with E-state index in [1.807, 2.05) is 18.2 Å². The molecule has 1 aromatic carbocycles. The van der Waals surface area contributed by atoms with Crippen LogP contribution in [-0.4, -0.2) is 14.2 Å². The van der Waals surface area contributed by atoms with Crippen molar-refractivity contribution in [2.24, 2.45) is 5.84 Å². The van der Waals surface area contributed by atoms with Crippen LogP contribution in [0.2, 0.25) is 0 Å². The number of nitrogens with two attached hydrogens (primary N) is 1. The van der Waals surface area contributed by atoms with E-state index in [1.54, 1.807) is 14.2 Å². The number of hydrazine groups is 1. The predicted octanol–water partition coefficient (Wildman–Crippen LogP) is 2.71. The third-order valence-corrected chi connectivity index (χ3v) is 3.61. The number of methoxy groups -OCH3 is 2. The minimum Gasteiger partial charge on any atom is -0.493 e. The Bertz CT molecular complexity index is 457. The fourth-order valence-corrected chi connectivity index (χ4v) is 2.66. The van der Waals surface area contributed by atoms with E-state index in [-0.39, 0.29) is 6.04 Å². The van der Waals surface area contributed by atoms with Crippen LogP contribution in [0.1, 0.15) is 37.3 Å². The van der Waals surface area contributed by atoms with Crippen LogP contribution in [0.25, 0.3) is 0 Å². The number of rotatable bonds is 5. The van der Waals surface area contributed by atoms with Gasteiger partial charge in [0.25, 0.3) is 0 Å². The van der Waals surface area contributed by atoms with Crippen molar-refractivity contribution < 1.29 is 9.47 Å². The molecule has 0 spiro atoms.